The van der Waals surface area contributed by atoms with Crippen LogP contribution in [0, 0.1) is 11.8 Å². The largest absolute Gasteiger partial charge is 0.492 e. The molecule has 25 heavy (non-hydrogen) atoms. The molecule has 3 heterocycles. The molecule has 0 spiro atoms. The van der Waals surface area contributed by atoms with E-state index in [2.05, 4.69) is 41.4 Å². The van der Waals surface area contributed by atoms with Crippen molar-refractivity contribution in [2.45, 2.75) is 46.1 Å². The average molecular weight is 345 g/mol. The van der Waals surface area contributed by atoms with Gasteiger partial charge in [-0.1, -0.05) is 19.9 Å². The number of aromatic hydroxyl groups is 1. The molecule has 0 amide bonds. The first-order chi connectivity index (χ1) is 12.0. The predicted octanol–water partition coefficient (Wildman–Crippen LogP) is 3.05. The fourth-order valence-electron chi connectivity index (χ4n) is 3.47. The minimum atomic E-state index is -0.485. The molecule has 0 aliphatic carbocycles. The Labute approximate surface area is 148 Å². The van der Waals surface area contributed by atoms with E-state index in [1.165, 1.54) is 4.57 Å². The van der Waals surface area contributed by atoms with E-state index in [1.54, 1.807) is 0 Å². The SMILES string of the molecule is CC(C)Cc1cccc(N2CCC(CCn3c(O)coc3=O)CC2)n1. The number of piperidine rings is 1. The second-order valence-corrected chi connectivity index (χ2v) is 7.32. The van der Waals surface area contributed by atoms with Gasteiger partial charge in [0.15, 0.2) is 6.26 Å². The molecule has 1 aliphatic heterocycles. The van der Waals surface area contributed by atoms with Crippen LogP contribution in [0.3, 0.4) is 0 Å². The number of anilines is 1. The first-order valence-electron chi connectivity index (χ1n) is 9.11. The number of nitrogens with zero attached hydrogens (tertiary/aromatic N) is 3. The third-order valence-corrected chi connectivity index (χ3v) is 4.87. The predicted molar refractivity (Wildman–Crippen MR) is 97.0 cm³/mol. The Bertz CT molecular complexity index is 742. The van der Waals surface area contributed by atoms with Crippen molar-refractivity contribution in [2.24, 2.45) is 11.8 Å². The molecule has 6 nitrogen and oxygen atoms in total. The Hall–Kier alpha value is -2.24. The molecular weight excluding hydrogens is 318 g/mol. The molecule has 0 radical (unpaired) electrons. The van der Waals surface area contributed by atoms with E-state index >= 15 is 0 Å². The number of oxazole rings is 1. The van der Waals surface area contributed by atoms with Gasteiger partial charge in [-0.15, -0.1) is 0 Å². The average Bonchev–Trinajstić information content (AvgIpc) is 2.91. The van der Waals surface area contributed by atoms with Crippen LogP contribution in [-0.4, -0.2) is 27.7 Å². The lowest BCUT2D eigenvalue weighted by atomic mass is 9.93. The Kier molecular flexibility index (Phi) is 5.46. The monoisotopic (exact) mass is 345 g/mol. The van der Waals surface area contributed by atoms with E-state index in [4.69, 9.17) is 4.98 Å². The molecule has 1 fully saturated rings. The Balaban J connectivity index is 1.52. The zero-order chi connectivity index (χ0) is 17.8. The number of pyridine rings is 1. The number of hydrogen-bond acceptors (Lipinski definition) is 5. The van der Waals surface area contributed by atoms with Crippen LogP contribution in [0.5, 0.6) is 5.88 Å². The zero-order valence-electron chi connectivity index (χ0n) is 15.0. The van der Waals surface area contributed by atoms with Gasteiger partial charge in [0.2, 0.25) is 5.88 Å². The summed E-state index contributed by atoms with van der Waals surface area (Å²) in [5.74, 6) is 1.66. The zero-order valence-corrected chi connectivity index (χ0v) is 15.0. The third kappa shape index (κ3) is 4.44. The highest BCUT2D eigenvalue weighted by molar-refractivity contribution is 5.39. The highest BCUT2D eigenvalue weighted by Gasteiger charge is 2.21. The van der Waals surface area contributed by atoms with E-state index < -0.39 is 5.76 Å². The summed E-state index contributed by atoms with van der Waals surface area (Å²) in [4.78, 5) is 18.6. The fourth-order valence-corrected chi connectivity index (χ4v) is 3.47. The number of hydrogen-bond donors (Lipinski definition) is 1. The van der Waals surface area contributed by atoms with Gasteiger partial charge in [0.1, 0.15) is 5.82 Å². The van der Waals surface area contributed by atoms with Crippen LogP contribution in [-0.2, 0) is 13.0 Å². The van der Waals surface area contributed by atoms with Crippen molar-refractivity contribution < 1.29 is 9.52 Å². The lowest BCUT2D eigenvalue weighted by Gasteiger charge is -2.33. The minimum absolute atomic E-state index is 0.0893. The topological polar surface area (TPSA) is 71.5 Å². The first kappa shape index (κ1) is 17.6. The minimum Gasteiger partial charge on any atom is -0.492 e. The Morgan fingerprint density at radius 1 is 1.32 bits per heavy atom. The summed E-state index contributed by atoms with van der Waals surface area (Å²) >= 11 is 0. The normalized spacial score (nSPS) is 15.9. The maximum absolute atomic E-state index is 11.5. The van der Waals surface area contributed by atoms with Crippen LogP contribution in [0.2, 0.25) is 0 Å². The molecule has 0 aromatic carbocycles. The molecule has 1 N–H and O–H groups in total. The molecule has 136 valence electrons. The summed E-state index contributed by atoms with van der Waals surface area (Å²) < 4.78 is 5.98. The Morgan fingerprint density at radius 2 is 2.08 bits per heavy atom. The maximum Gasteiger partial charge on any atom is 0.421 e. The molecule has 0 saturated carbocycles. The molecule has 3 rings (SSSR count). The van der Waals surface area contributed by atoms with Gasteiger partial charge in [0.05, 0.1) is 0 Å². The van der Waals surface area contributed by atoms with Crippen LogP contribution in [0.25, 0.3) is 0 Å². The highest BCUT2D eigenvalue weighted by atomic mass is 16.4. The first-order valence-corrected chi connectivity index (χ1v) is 9.11. The van der Waals surface area contributed by atoms with E-state index in [0.29, 0.717) is 18.4 Å². The van der Waals surface area contributed by atoms with Gasteiger partial charge in [-0.3, -0.25) is 0 Å². The quantitative estimate of drug-likeness (QED) is 0.871. The van der Waals surface area contributed by atoms with Crippen molar-refractivity contribution in [3.63, 3.8) is 0 Å². The van der Waals surface area contributed by atoms with Crippen molar-refractivity contribution in [3.8, 4) is 5.88 Å². The van der Waals surface area contributed by atoms with Crippen molar-refractivity contribution in [1.82, 2.24) is 9.55 Å². The highest BCUT2D eigenvalue weighted by Crippen LogP contribution is 2.25. The van der Waals surface area contributed by atoms with Crippen molar-refractivity contribution in [1.29, 1.82) is 0 Å². The van der Waals surface area contributed by atoms with Gasteiger partial charge in [-0.05, 0) is 49.7 Å². The summed E-state index contributed by atoms with van der Waals surface area (Å²) in [5.41, 5.74) is 1.16. The van der Waals surface area contributed by atoms with E-state index in [9.17, 15) is 9.90 Å². The van der Waals surface area contributed by atoms with Crippen LogP contribution >= 0.6 is 0 Å². The summed E-state index contributed by atoms with van der Waals surface area (Å²) in [6, 6.07) is 6.29. The van der Waals surface area contributed by atoms with Crippen LogP contribution in [0.15, 0.2) is 33.7 Å². The van der Waals surface area contributed by atoms with Gasteiger partial charge < -0.3 is 14.4 Å². The second kappa shape index (κ2) is 7.76. The van der Waals surface area contributed by atoms with Gasteiger partial charge in [0, 0.05) is 25.3 Å². The molecule has 1 aliphatic rings. The number of rotatable bonds is 6. The van der Waals surface area contributed by atoms with Crippen LogP contribution < -0.4 is 10.7 Å². The molecule has 2 aromatic heterocycles. The van der Waals surface area contributed by atoms with Crippen LogP contribution in [0.4, 0.5) is 5.82 Å². The van der Waals surface area contributed by atoms with E-state index in [1.807, 2.05) is 0 Å². The standard InChI is InChI=1S/C19H27N3O3/c1-14(2)12-16-4-3-5-17(20-16)21-9-6-15(7-10-21)8-11-22-18(23)13-25-19(22)24/h3-5,13-15,23H,6-12H2,1-2H3. The summed E-state index contributed by atoms with van der Waals surface area (Å²) in [7, 11) is 0. The lowest BCUT2D eigenvalue weighted by molar-refractivity contribution is 0.337. The molecule has 0 atom stereocenters. The summed E-state index contributed by atoms with van der Waals surface area (Å²) in [6.07, 6.45) is 5.13. The molecular formula is C19H27N3O3. The molecule has 0 bridgehead atoms. The van der Waals surface area contributed by atoms with Crippen molar-refractivity contribution >= 4 is 5.82 Å². The van der Waals surface area contributed by atoms with Gasteiger partial charge >= 0.3 is 5.76 Å². The molecule has 6 heteroatoms. The molecule has 2 aromatic rings. The second-order valence-electron chi connectivity index (χ2n) is 7.32. The smallest absolute Gasteiger partial charge is 0.421 e. The summed E-state index contributed by atoms with van der Waals surface area (Å²) in [6.45, 7) is 6.89. The van der Waals surface area contributed by atoms with Crippen LogP contribution in [0.1, 0.15) is 38.8 Å². The third-order valence-electron chi connectivity index (χ3n) is 4.87. The van der Waals surface area contributed by atoms with Gasteiger partial charge in [-0.25, -0.2) is 14.3 Å². The lowest BCUT2D eigenvalue weighted by Crippen LogP contribution is -2.34. The maximum atomic E-state index is 11.5. The summed E-state index contributed by atoms with van der Waals surface area (Å²) in [5, 5.41) is 9.59. The van der Waals surface area contributed by atoms with Crippen molar-refractivity contribution in [2.75, 3.05) is 18.0 Å². The van der Waals surface area contributed by atoms with Gasteiger partial charge in [-0.2, -0.15) is 0 Å². The molecule has 1 saturated heterocycles. The van der Waals surface area contributed by atoms with Crippen molar-refractivity contribution in [3.05, 3.63) is 40.7 Å². The fraction of sp³-hybridized carbons (Fsp3) is 0.579. The number of aromatic nitrogens is 2. The molecule has 0 unspecified atom stereocenters. The van der Waals surface area contributed by atoms with E-state index in [0.717, 1.165) is 56.5 Å². The van der Waals surface area contributed by atoms with Gasteiger partial charge in [0.25, 0.3) is 0 Å². The van der Waals surface area contributed by atoms with E-state index in [-0.39, 0.29) is 5.88 Å². The Morgan fingerprint density at radius 3 is 2.72 bits per heavy atom.